The van der Waals surface area contributed by atoms with Gasteiger partial charge in [-0.1, -0.05) is 12.7 Å². The first-order valence-electron chi connectivity index (χ1n) is 9.07. The monoisotopic (exact) mass is 389 g/mol. The van der Waals surface area contributed by atoms with Gasteiger partial charge in [-0.2, -0.15) is 0 Å². The van der Waals surface area contributed by atoms with Crippen LogP contribution in [0.5, 0.6) is 5.75 Å². The van der Waals surface area contributed by atoms with Crippen LogP contribution in [-0.2, 0) is 9.47 Å². The Labute approximate surface area is 164 Å². The van der Waals surface area contributed by atoms with E-state index in [1.807, 2.05) is 6.07 Å². The van der Waals surface area contributed by atoms with Crippen LogP contribution in [-0.4, -0.2) is 43.4 Å². The fraction of sp³-hybridized carbons (Fsp3) is 0.450. The minimum Gasteiger partial charge on any atom is -0.493 e. The smallest absolute Gasteiger partial charge is 0.413 e. The van der Waals surface area contributed by atoms with Gasteiger partial charge >= 0.3 is 12.2 Å². The van der Waals surface area contributed by atoms with Crippen molar-refractivity contribution in [2.45, 2.75) is 38.7 Å². The van der Waals surface area contributed by atoms with Crippen molar-refractivity contribution in [3.8, 4) is 5.75 Å². The largest absolute Gasteiger partial charge is 0.493 e. The van der Waals surface area contributed by atoms with Crippen molar-refractivity contribution in [1.29, 1.82) is 5.41 Å². The second-order valence-corrected chi connectivity index (χ2v) is 7.37. The fourth-order valence-electron chi connectivity index (χ4n) is 2.69. The average molecular weight is 389 g/mol. The van der Waals surface area contributed by atoms with E-state index in [4.69, 9.17) is 19.6 Å². The average Bonchev–Trinajstić information content (AvgIpc) is 3.00. The number of amidine groups is 1. The van der Waals surface area contributed by atoms with Gasteiger partial charge < -0.3 is 19.5 Å². The van der Waals surface area contributed by atoms with Gasteiger partial charge in [-0.25, -0.2) is 9.59 Å². The van der Waals surface area contributed by atoms with Gasteiger partial charge in [-0.05, 0) is 45.4 Å². The molecule has 1 aliphatic rings. The fourth-order valence-corrected chi connectivity index (χ4v) is 2.69. The molecule has 1 aliphatic heterocycles. The Morgan fingerprint density at radius 2 is 2.11 bits per heavy atom. The maximum Gasteiger partial charge on any atom is 0.413 e. The van der Waals surface area contributed by atoms with E-state index in [1.165, 1.54) is 6.08 Å². The zero-order valence-corrected chi connectivity index (χ0v) is 16.5. The number of hydrogen-bond acceptors (Lipinski definition) is 6. The molecule has 152 valence electrons. The van der Waals surface area contributed by atoms with Gasteiger partial charge in [0.25, 0.3) is 0 Å². The predicted octanol–water partition coefficient (Wildman–Crippen LogP) is 3.31. The number of fused-ring (bicyclic) bond motifs is 1. The normalized spacial score (nSPS) is 15.0. The molecule has 0 radical (unpaired) electrons. The molecule has 0 aliphatic carbocycles. The molecule has 0 spiro atoms. The Balaban J connectivity index is 1.94. The molecule has 1 aromatic rings. The second-order valence-electron chi connectivity index (χ2n) is 7.37. The van der Waals surface area contributed by atoms with Gasteiger partial charge in [0.2, 0.25) is 0 Å². The third kappa shape index (κ3) is 6.29. The van der Waals surface area contributed by atoms with Crippen molar-refractivity contribution >= 4 is 18.0 Å². The summed E-state index contributed by atoms with van der Waals surface area (Å²) >= 11 is 0. The molecule has 2 rings (SSSR count). The van der Waals surface area contributed by atoms with E-state index in [0.29, 0.717) is 25.1 Å². The summed E-state index contributed by atoms with van der Waals surface area (Å²) in [5, 5.41) is 13.2. The maximum atomic E-state index is 11.9. The standard InChI is InChI=1S/C20H27N3O5/c1-5-10-26-18(24)22-9-8-14-12-27-16-7-6-13(11-15(14)16)17(21)23-19(25)28-20(2,3)4/h5-7,11,14H,1,8-10,12H2,2-4H3,(H,22,24)(H2,21,23,25). The number of hydrogen-bond donors (Lipinski definition) is 3. The zero-order chi connectivity index (χ0) is 20.7. The van der Waals surface area contributed by atoms with Crippen molar-refractivity contribution in [2.24, 2.45) is 0 Å². The molecule has 28 heavy (non-hydrogen) atoms. The van der Waals surface area contributed by atoms with E-state index in [2.05, 4.69) is 17.2 Å². The van der Waals surface area contributed by atoms with Gasteiger partial charge in [-0.3, -0.25) is 10.7 Å². The van der Waals surface area contributed by atoms with Crippen molar-refractivity contribution in [3.63, 3.8) is 0 Å². The van der Waals surface area contributed by atoms with Gasteiger partial charge in [-0.15, -0.1) is 0 Å². The molecule has 0 saturated heterocycles. The maximum absolute atomic E-state index is 11.9. The van der Waals surface area contributed by atoms with E-state index in [0.717, 1.165) is 11.3 Å². The van der Waals surface area contributed by atoms with Gasteiger partial charge in [0.15, 0.2) is 0 Å². The molecular weight excluding hydrogens is 362 g/mol. The van der Waals surface area contributed by atoms with Crippen molar-refractivity contribution < 1.29 is 23.8 Å². The number of benzene rings is 1. The number of ether oxygens (including phenoxy) is 3. The lowest BCUT2D eigenvalue weighted by molar-refractivity contribution is 0.0563. The lowest BCUT2D eigenvalue weighted by Crippen LogP contribution is -2.36. The second kappa shape index (κ2) is 9.25. The summed E-state index contributed by atoms with van der Waals surface area (Å²) in [6, 6.07) is 5.32. The highest BCUT2D eigenvalue weighted by Crippen LogP contribution is 2.36. The molecule has 1 aromatic carbocycles. The summed E-state index contributed by atoms with van der Waals surface area (Å²) in [5.74, 6) is 0.769. The van der Waals surface area contributed by atoms with Crippen LogP contribution in [0, 0.1) is 5.41 Å². The summed E-state index contributed by atoms with van der Waals surface area (Å²) < 4.78 is 15.7. The van der Waals surface area contributed by atoms with E-state index >= 15 is 0 Å². The van der Waals surface area contributed by atoms with E-state index in [1.54, 1.807) is 32.9 Å². The third-order valence-electron chi connectivity index (χ3n) is 3.90. The molecular formula is C20H27N3O5. The first kappa shape index (κ1) is 21.3. The van der Waals surface area contributed by atoms with Crippen LogP contribution in [0.2, 0.25) is 0 Å². The Morgan fingerprint density at radius 1 is 1.36 bits per heavy atom. The van der Waals surface area contributed by atoms with Crippen LogP contribution in [0.1, 0.15) is 44.2 Å². The molecule has 1 atom stereocenters. The lowest BCUT2D eigenvalue weighted by atomic mass is 9.96. The first-order chi connectivity index (χ1) is 13.2. The molecule has 2 amide bonds. The molecule has 0 bridgehead atoms. The molecule has 8 heteroatoms. The number of carbonyl (C=O) groups is 2. The highest BCUT2D eigenvalue weighted by Gasteiger charge is 2.25. The predicted molar refractivity (Wildman–Crippen MR) is 105 cm³/mol. The number of nitrogens with one attached hydrogen (secondary N) is 3. The molecule has 8 nitrogen and oxygen atoms in total. The van der Waals surface area contributed by atoms with Crippen molar-refractivity contribution in [2.75, 3.05) is 19.8 Å². The number of carbonyl (C=O) groups excluding carboxylic acids is 2. The summed E-state index contributed by atoms with van der Waals surface area (Å²) in [4.78, 5) is 23.3. The Kier molecular flexibility index (Phi) is 7.03. The quantitative estimate of drug-likeness (QED) is 0.393. The summed E-state index contributed by atoms with van der Waals surface area (Å²) in [6.45, 7) is 9.85. The summed E-state index contributed by atoms with van der Waals surface area (Å²) in [5.41, 5.74) is 0.856. The van der Waals surface area contributed by atoms with E-state index in [-0.39, 0.29) is 18.4 Å². The Bertz CT molecular complexity index is 755. The van der Waals surface area contributed by atoms with Crippen LogP contribution in [0.3, 0.4) is 0 Å². The molecule has 1 heterocycles. The minimum absolute atomic E-state index is 0.0474. The first-order valence-corrected chi connectivity index (χ1v) is 9.07. The third-order valence-corrected chi connectivity index (χ3v) is 3.90. The SMILES string of the molecule is C=CCOC(=O)NCCC1COc2ccc(C(=N)NC(=O)OC(C)(C)C)cc21. The summed E-state index contributed by atoms with van der Waals surface area (Å²) in [7, 11) is 0. The van der Waals surface area contributed by atoms with Crippen LogP contribution in [0.4, 0.5) is 9.59 Å². The van der Waals surface area contributed by atoms with Crippen LogP contribution >= 0.6 is 0 Å². The summed E-state index contributed by atoms with van der Waals surface area (Å²) in [6.07, 6.45) is 0.999. The Hall–Kier alpha value is -3.03. The molecule has 0 fully saturated rings. The number of rotatable bonds is 6. The van der Waals surface area contributed by atoms with Crippen molar-refractivity contribution in [3.05, 3.63) is 42.0 Å². The molecule has 1 unspecified atom stereocenters. The van der Waals surface area contributed by atoms with Crippen LogP contribution in [0.25, 0.3) is 0 Å². The van der Waals surface area contributed by atoms with E-state index in [9.17, 15) is 9.59 Å². The number of amides is 2. The molecule has 0 saturated carbocycles. The lowest BCUT2D eigenvalue weighted by Gasteiger charge is -2.20. The minimum atomic E-state index is -0.673. The van der Waals surface area contributed by atoms with Crippen LogP contribution < -0.4 is 15.4 Å². The van der Waals surface area contributed by atoms with Gasteiger partial charge in [0.1, 0.15) is 23.8 Å². The van der Waals surface area contributed by atoms with Crippen molar-refractivity contribution in [1.82, 2.24) is 10.6 Å². The topological polar surface area (TPSA) is 110 Å². The zero-order valence-electron chi connectivity index (χ0n) is 16.5. The highest BCUT2D eigenvalue weighted by molar-refractivity contribution is 6.04. The Morgan fingerprint density at radius 3 is 2.79 bits per heavy atom. The number of alkyl carbamates (subject to hydrolysis) is 2. The van der Waals surface area contributed by atoms with Gasteiger partial charge in [0.05, 0.1) is 6.61 Å². The van der Waals surface area contributed by atoms with Gasteiger partial charge in [0, 0.05) is 23.6 Å². The highest BCUT2D eigenvalue weighted by atomic mass is 16.6. The van der Waals surface area contributed by atoms with E-state index < -0.39 is 17.8 Å². The molecule has 3 N–H and O–H groups in total. The van der Waals surface area contributed by atoms with Crippen LogP contribution in [0.15, 0.2) is 30.9 Å². The molecule has 0 aromatic heterocycles.